The van der Waals surface area contributed by atoms with E-state index in [-0.39, 0.29) is 0 Å². The maximum absolute atomic E-state index is 2.32. The van der Waals surface area contributed by atoms with Gasteiger partial charge in [-0.05, 0) is 98.9 Å². The summed E-state index contributed by atoms with van der Waals surface area (Å²) in [6.07, 6.45) is 2.14. The second-order valence-electron chi connectivity index (χ2n) is 7.21. The smallest absolute Gasteiger partial charge is 0.0163 e. The average molecular weight is 321 g/mol. The molecule has 0 saturated heterocycles. The maximum Gasteiger partial charge on any atom is -0.0163 e. The van der Waals surface area contributed by atoms with E-state index in [0.29, 0.717) is 0 Å². The third-order valence-electron chi connectivity index (χ3n) is 5.03. The van der Waals surface area contributed by atoms with E-state index < -0.39 is 0 Å². The van der Waals surface area contributed by atoms with Crippen molar-refractivity contribution >= 4 is 11.1 Å². The normalized spacial score (nSPS) is 12.3. The Morgan fingerprint density at radius 2 is 0.792 bits per heavy atom. The molecule has 0 spiro atoms. The molecule has 0 bridgehead atoms. The standard InChI is InChI=1S/C24H32/c1-9-21(23-17(5)11-15(3)12-18(23)6)22(10-2)24-19(7)13-16(4)14-20(24)8/h11-14H,9-10H2,1-8H3. The molecule has 128 valence electrons. The number of aryl methyl sites for hydroxylation is 6. The Morgan fingerprint density at radius 1 is 0.542 bits per heavy atom. The highest BCUT2D eigenvalue weighted by Crippen LogP contribution is 2.37. The fourth-order valence-electron chi connectivity index (χ4n) is 4.39. The summed E-state index contributed by atoms with van der Waals surface area (Å²) in [6, 6.07) is 9.28. The van der Waals surface area contributed by atoms with Crippen LogP contribution in [0.4, 0.5) is 0 Å². The number of rotatable bonds is 4. The van der Waals surface area contributed by atoms with Crippen molar-refractivity contribution in [3.8, 4) is 0 Å². The van der Waals surface area contributed by atoms with E-state index >= 15 is 0 Å². The highest BCUT2D eigenvalue weighted by molar-refractivity contribution is 5.94. The monoisotopic (exact) mass is 320 g/mol. The van der Waals surface area contributed by atoms with E-state index in [1.54, 1.807) is 0 Å². The van der Waals surface area contributed by atoms with Crippen molar-refractivity contribution in [2.75, 3.05) is 0 Å². The number of hydrogen-bond acceptors (Lipinski definition) is 0. The first kappa shape index (κ1) is 18.5. The van der Waals surface area contributed by atoms with Gasteiger partial charge in [-0.15, -0.1) is 0 Å². The topological polar surface area (TPSA) is 0 Å². The van der Waals surface area contributed by atoms with Crippen LogP contribution in [-0.2, 0) is 0 Å². The zero-order valence-corrected chi connectivity index (χ0v) is 16.7. The molecule has 24 heavy (non-hydrogen) atoms. The van der Waals surface area contributed by atoms with Crippen LogP contribution in [0.15, 0.2) is 24.3 Å². The Morgan fingerprint density at radius 3 is 1.00 bits per heavy atom. The van der Waals surface area contributed by atoms with Gasteiger partial charge in [-0.25, -0.2) is 0 Å². The van der Waals surface area contributed by atoms with Gasteiger partial charge < -0.3 is 0 Å². The molecule has 2 aromatic rings. The zero-order chi connectivity index (χ0) is 18.0. The van der Waals surface area contributed by atoms with Crippen molar-refractivity contribution in [1.82, 2.24) is 0 Å². The van der Waals surface area contributed by atoms with Gasteiger partial charge in [0.2, 0.25) is 0 Å². The van der Waals surface area contributed by atoms with Gasteiger partial charge in [0.1, 0.15) is 0 Å². The third-order valence-corrected chi connectivity index (χ3v) is 5.03. The minimum absolute atomic E-state index is 1.07. The maximum atomic E-state index is 2.32. The van der Waals surface area contributed by atoms with Crippen LogP contribution in [-0.4, -0.2) is 0 Å². The van der Waals surface area contributed by atoms with E-state index in [9.17, 15) is 0 Å². The Bertz CT molecular complexity index is 674. The fraction of sp³-hybridized carbons (Fsp3) is 0.417. The van der Waals surface area contributed by atoms with Crippen LogP contribution in [0.1, 0.15) is 71.2 Å². The molecule has 0 aliphatic carbocycles. The Balaban J connectivity index is 2.83. The van der Waals surface area contributed by atoms with Crippen molar-refractivity contribution in [2.45, 2.75) is 68.2 Å². The van der Waals surface area contributed by atoms with E-state index in [4.69, 9.17) is 0 Å². The van der Waals surface area contributed by atoms with E-state index in [1.165, 1.54) is 55.7 Å². The lowest BCUT2D eigenvalue weighted by Crippen LogP contribution is -2.01. The molecule has 0 amide bonds. The molecule has 0 atom stereocenters. The average Bonchev–Trinajstić information content (AvgIpc) is 2.46. The number of benzene rings is 2. The molecule has 0 radical (unpaired) electrons. The summed E-state index contributed by atoms with van der Waals surface area (Å²) in [4.78, 5) is 0. The van der Waals surface area contributed by atoms with Gasteiger partial charge in [0.15, 0.2) is 0 Å². The van der Waals surface area contributed by atoms with Crippen LogP contribution in [0.5, 0.6) is 0 Å². The van der Waals surface area contributed by atoms with Crippen LogP contribution in [0, 0.1) is 41.5 Å². The van der Waals surface area contributed by atoms with Gasteiger partial charge >= 0.3 is 0 Å². The van der Waals surface area contributed by atoms with Crippen molar-refractivity contribution < 1.29 is 0 Å². The molecule has 2 rings (SSSR count). The first-order valence-corrected chi connectivity index (χ1v) is 9.18. The highest BCUT2D eigenvalue weighted by atomic mass is 14.2. The lowest BCUT2D eigenvalue weighted by Gasteiger charge is -2.22. The molecule has 2 aromatic carbocycles. The second kappa shape index (κ2) is 7.38. The Kier molecular flexibility index (Phi) is 5.70. The summed E-state index contributed by atoms with van der Waals surface area (Å²) in [6.45, 7) is 18.0. The number of allylic oxidation sites excluding steroid dienone is 2. The minimum atomic E-state index is 1.07. The molecule has 0 saturated carbocycles. The zero-order valence-electron chi connectivity index (χ0n) is 16.7. The van der Waals surface area contributed by atoms with Crippen molar-refractivity contribution in [1.29, 1.82) is 0 Å². The first-order valence-electron chi connectivity index (χ1n) is 9.18. The van der Waals surface area contributed by atoms with Crippen molar-refractivity contribution in [2.24, 2.45) is 0 Å². The van der Waals surface area contributed by atoms with Gasteiger partial charge in [0.25, 0.3) is 0 Å². The van der Waals surface area contributed by atoms with Crippen molar-refractivity contribution in [3.05, 3.63) is 68.8 Å². The molecule has 0 nitrogen and oxygen atoms in total. The highest BCUT2D eigenvalue weighted by Gasteiger charge is 2.16. The van der Waals surface area contributed by atoms with Crippen LogP contribution < -0.4 is 0 Å². The predicted molar refractivity (Wildman–Crippen MR) is 109 cm³/mol. The molecular formula is C24H32. The summed E-state index contributed by atoms with van der Waals surface area (Å²) in [5.41, 5.74) is 14.3. The SMILES string of the molecule is CCC(=C(CC)c1c(C)cc(C)cc1C)c1c(C)cc(C)cc1C. The molecule has 0 aromatic heterocycles. The number of hydrogen-bond donors (Lipinski definition) is 0. The quantitative estimate of drug-likeness (QED) is 0.520. The van der Waals surface area contributed by atoms with E-state index in [2.05, 4.69) is 79.7 Å². The van der Waals surface area contributed by atoms with E-state index in [1.807, 2.05) is 0 Å². The summed E-state index contributed by atoms with van der Waals surface area (Å²) in [5.74, 6) is 0. The first-order chi connectivity index (χ1) is 11.3. The molecule has 0 N–H and O–H groups in total. The molecule has 0 heterocycles. The van der Waals surface area contributed by atoms with Crippen molar-refractivity contribution in [3.63, 3.8) is 0 Å². The van der Waals surface area contributed by atoms with Crippen LogP contribution in [0.25, 0.3) is 11.1 Å². The molecule has 0 aliphatic rings. The minimum Gasteiger partial charge on any atom is -0.0613 e. The summed E-state index contributed by atoms with van der Waals surface area (Å²) in [7, 11) is 0. The van der Waals surface area contributed by atoms with Gasteiger partial charge in [-0.3, -0.25) is 0 Å². The molecule has 0 unspecified atom stereocenters. The molecule has 0 fully saturated rings. The van der Waals surface area contributed by atoms with Crippen LogP contribution >= 0.6 is 0 Å². The van der Waals surface area contributed by atoms with Crippen LogP contribution in [0.2, 0.25) is 0 Å². The van der Waals surface area contributed by atoms with Gasteiger partial charge in [0.05, 0.1) is 0 Å². The van der Waals surface area contributed by atoms with Gasteiger partial charge in [-0.1, -0.05) is 49.2 Å². The summed E-state index contributed by atoms with van der Waals surface area (Å²) < 4.78 is 0. The summed E-state index contributed by atoms with van der Waals surface area (Å²) >= 11 is 0. The largest absolute Gasteiger partial charge is 0.0613 e. The van der Waals surface area contributed by atoms with E-state index in [0.717, 1.165) is 12.8 Å². The van der Waals surface area contributed by atoms with Crippen LogP contribution in [0.3, 0.4) is 0 Å². The Labute approximate surface area is 148 Å². The lowest BCUT2D eigenvalue weighted by molar-refractivity contribution is 1.15. The summed E-state index contributed by atoms with van der Waals surface area (Å²) in [5, 5.41) is 0. The molecule has 0 heteroatoms. The molecular weight excluding hydrogens is 288 g/mol. The Hall–Kier alpha value is -1.82. The lowest BCUT2D eigenvalue weighted by atomic mass is 9.83. The predicted octanol–water partition coefficient (Wildman–Crippen LogP) is 7.27. The third kappa shape index (κ3) is 3.48. The van der Waals surface area contributed by atoms with Gasteiger partial charge in [-0.2, -0.15) is 0 Å². The second-order valence-corrected chi connectivity index (χ2v) is 7.21. The fourth-order valence-corrected chi connectivity index (χ4v) is 4.39. The molecule has 0 aliphatic heterocycles. The van der Waals surface area contributed by atoms with Gasteiger partial charge in [0, 0.05) is 0 Å².